The summed E-state index contributed by atoms with van der Waals surface area (Å²) in [7, 11) is 0. The molecule has 187 valence electrons. The summed E-state index contributed by atoms with van der Waals surface area (Å²) in [5, 5.41) is 107. The average molecular weight is 503 g/mol. The first kappa shape index (κ1) is 42.9. The SMILES string of the molecule is O.O.O.O=C([O-])[C@H](O)[C@@H](O)[C@H](O)[C@H](O)CO.O=C([O-])[C@H](O)[C@@H](O)[C@H](O)[C@H](O)CO.[Co+2]. The van der Waals surface area contributed by atoms with Crippen molar-refractivity contribution >= 4 is 11.9 Å². The summed E-state index contributed by atoms with van der Waals surface area (Å²) in [5.41, 5.74) is 0. The van der Waals surface area contributed by atoms with E-state index in [1.54, 1.807) is 0 Å². The number of hydrogen-bond acceptors (Lipinski definition) is 14. The third-order valence-corrected chi connectivity index (χ3v) is 2.99. The molecule has 30 heavy (non-hydrogen) atoms. The van der Waals surface area contributed by atoms with E-state index in [0.717, 1.165) is 0 Å². The van der Waals surface area contributed by atoms with E-state index in [1.165, 1.54) is 0 Å². The Labute approximate surface area is 178 Å². The first-order valence-electron chi connectivity index (χ1n) is 6.91. The number of hydrogen-bond donors (Lipinski definition) is 10. The van der Waals surface area contributed by atoms with Crippen molar-refractivity contribution < 1.29 is 104 Å². The topological polar surface area (TPSA) is 377 Å². The zero-order valence-electron chi connectivity index (χ0n) is 15.0. The fourth-order valence-electron chi connectivity index (χ4n) is 1.32. The van der Waals surface area contributed by atoms with Crippen molar-refractivity contribution in [1.82, 2.24) is 0 Å². The molecule has 0 aromatic heterocycles. The summed E-state index contributed by atoms with van der Waals surface area (Å²) in [6, 6.07) is 0. The van der Waals surface area contributed by atoms with Crippen molar-refractivity contribution in [3.63, 3.8) is 0 Å². The predicted octanol–water partition coefficient (Wildman–Crippen LogP) is -12.1. The summed E-state index contributed by atoms with van der Waals surface area (Å²) in [4.78, 5) is 20.0. The van der Waals surface area contributed by atoms with Crippen molar-refractivity contribution in [2.75, 3.05) is 13.2 Å². The van der Waals surface area contributed by atoms with Crippen LogP contribution in [0.4, 0.5) is 0 Å². The molecule has 0 spiro atoms. The minimum absolute atomic E-state index is 0. The van der Waals surface area contributed by atoms with E-state index in [0.29, 0.717) is 0 Å². The second-order valence-corrected chi connectivity index (χ2v) is 4.99. The molecule has 0 amide bonds. The Morgan fingerprint density at radius 2 is 0.767 bits per heavy atom. The average Bonchev–Trinajstić information content (AvgIpc) is 2.62. The molecule has 0 bridgehead atoms. The number of carbonyl (C=O) groups is 2. The van der Waals surface area contributed by atoms with E-state index < -0.39 is 74.0 Å². The van der Waals surface area contributed by atoms with E-state index in [9.17, 15) is 19.8 Å². The first-order chi connectivity index (χ1) is 11.8. The maximum absolute atomic E-state index is 9.98. The molecular formula is C12H28CoO17. The van der Waals surface area contributed by atoms with Crippen molar-refractivity contribution in [1.29, 1.82) is 0 Å². The standard InChI is InChI=1S/2C6H12O7.Co.3H2O/c2*7-1-2(8)3(9)4(10)5(11)6(12)13;;;;/h2*2-5,7-11H,1H2,(H,12,13);;3*1H2/q;;+2;;;/p-2/t2*2-,3-,4+,5-;;;;/m11..../s1. The van der Waals surface area contributed by atoms with Crippen LogP contribution in [0.15, 0.2) is 0 Å². The van der Waals surface area contributed by atoms with Gasteiger partial charge in [0.05, 0.1) is 25.2 Å². The van der Waals surface area contributed by atoms with Gasteiger partial charge in [-0.25, -0.2) is 0 Å². The van der Waals surface area contributed by atoms with Crippen LogP contribution in [0.25, 0.3) is 0 Å². The molecule has 0 heterocycles. The zero-order chi connectivity index (χ0) is 21.2. The zero-order valence-corrected chi connectivity index (χ0v) is 16.0. The smallest absolute Gasteiger partial charge is 0.547 e. The molecule has 0 saturated heterocycles. The third kappa shape index (κ3) is 14.8. The monoisotopic (exact) mass is 503 g/mol. The Hall–Kier alpha value is -1.07. The fourth-order valence-corrected chi connectivity index (χ4v) is 1.32. The summed E-state index contributed by atoms with van der Waals surface area (Å²) in [5.74, 6) is -3.95. The molecule has 0 fully saturated rings. The molecule has 0 aliphatic heterocycles. The third-order valence-electron chi connectivity index (χ3n) is 2.99. The van der Waals surface area contributed by atoms with E-state index >= 15 is 0 Å². The van der Waals surface area contributed by atoms with Crippen LogP contribution in [-0.2, 0) is 26.4 Å². The Kier molecular flexibility index (Phi) is 30.3. The van der Waals surface area contributed by atoms with Gasteiger partial charge in [0.25, 0.3) is 0 Å². The molecule has 0 aromatic rings. The Morgan fingerprint density at radius 3 is 0.900 bits per heavy atom. The molecule has 1 radical (unpaired) electrons. The fraction of sp³-hybridized carbons (Fsp3) is 0.833. The van der Waals surface area contributed by atoms with Crippen LogP contribution in [0, 0.1) is 0 Å². The molecule has 0 aliphatic rings. The van der Waals surface area contributed by atoms with Crippen LogP contribution in [0.1, 0.15) is 0 Å². The number of aliphatic carboxylic acids is 2. The van der Waals surface area contributed by atoms with Gasteiger partial charge in [-0.2, -0.15) is 0 Å². The predicted molar refractivity (Wildman–Crippen MR) is 83.1 cm³/mol. The van der Waals surface area contributed by atoms with Crippen LogP contribution in [0.3, 0.4) is 0 Å². The van der Waals surface area contributed by atoms with Gasteiger partial charge in [-0.15, -0.1) is 0 Å². The molecular weight excluding hydrogens is 475 g/mol. The summed E-state index contributed by atoms with van der Waals surface area (Å²) in [6.07, 6.45) is -16.2. The van der Waals surface area contributed by atoms with E-state index in [4.69, 9.17) is 51.1 Å². The Morgan fingerprint density at radius 1 is 0.567 bits per heavy atom. The number of aliphatic hydroxyl groups excluding tert-OH is 10. The number of rotatable bonds is 10. The second-order valence-electron chi connectivity index (χ2n) is 4.99. The molecule has 0 unspecified atom stereocenters. The van der Waals surface area contributed by atoms with Gasteiger partial charge in [0, 0.05) is 0 Å². The van der Waals surface area contributed by atoms with E-state index in [-0.39, 0.29) is 33.2 Å². The number of carboxylic acids is 2. The van der Waals surface area contributed by atoms with Crippen molar-refractivity contribution in [2.45, 2.75) is 48.8 Å². The van der Waals surface area contributed by atoms with Crippen LogP contribution in [0.5, 0.6) is 0 Å². The largest absolute Gasteiger partial charge is 2.00 e. The molecule has 16 N–H and O–H groups in total. The number of carboxylic acid groups (broad SMARTS) is 2. The quantitative estimate of drug-likeness (QED) is 0.132. The molecule has 0 saturated carbocycles. The van der Waals surface area contributed by atoms with Crippen LogP contribution < -0.4 is 10.2 Å². The van der Waals surface area contributed by atoms with E-state index in [1.807, 2.05) is 0 Å². The number of aliphatic hydroxyl groups is 10. The maximum Gasteiger partial charge on any atom is 2.00 e. The van der Waals surface area contributed by atoms with Gasteiger partial charge < -0.3 is 87.3 Å². The molecule has 0 aliphatic carbocycles. The maximum atomic E-state index is 9.98. The molecule has 0 aromatic carbocycles. The van der Waals surface area contributed by atoms with Gasteiger partial charge in [-0.1, -0.05) is 0 Å². The van der Waals surface area contributed by atoms with E-state index in [2.05, 4.69) is 0 Å². The Balaban J connectivity index is -0.0000000847. The number of carbonyl (C=O) groups excluding carboxylic acids is 2. The van der Waals surface area contributed by atoms with Gasteiger partial charge in [0.2, 0.25) is 0 Å². The molecule has 8 atom stereocenters. The van der Waals surface area contributed by atoms with Crippen LogP contribution in [-0.4, -0.2) is 141 Å². The normalized spacial score (nSPS) is 17.7. The second kappa shape index (κ2) is 21.2. The molecule has 18 heteroatoms. The minimum atomic E-state index is -2.31. The first-order valence-corrected chi connectivity index (χ1v) is 6.91. The summed E-state index contributed by atoms with van der Waals surface area (Å²) >= 11 is 0. The van der Waals surface area contributed by atoms with Gasteiger partial charge in [0.15, 0.2) is 0 Å². The van der Waals surface area contributed by atoms with Gasteiger partial charge in [-0.3, -0.25) is 0 Å². The summed E-state index contributed by atoms with van der Waals surface area (Å²) < 4.78 is 0. The van der Waals surface area contributed by atoms with Crippen molar-refractivity contribution in [2.24, 2.45) is 0 Å². The van der Waals surface area contributed by atoms with Crippen LogP contribution in [0.2, 0.25) is 0 Å². The Bertz CT molecular complexity index is 388. The summed E-state index contributed by atoms with van der Waals surface area (Å²) in [6.45, 7) is -1.73. The van der Waals surface area contributed by atoms with Crippen molar-refractivity contribution in [3.05, 3.63) is 0 Å². The minimum Gasteiger partial charge on any atom is -0.547 e. The van der Waals surface area contributed by atoms with Gasteiger partial charge in [-0.05, 0) is 0 Å². The van der Waals surface area contributed by atoms with Crippen LogP contribution >= 0.6 is 0 Å². The molecule has 17 nitrogen and oxygen atoms in total. The molecule has 0 rings (SSSR count). The van der Waals surface area contributed by atoms with Gasteiger partial charge in [0.1, 0.15) is 48.8 Å². The van der Waals surface area contributed by atoms with Crippen molar-refractivity contribution in [3.8, 4) is 0 Å². The van der Waals surface area contributed by atoms with Gasteiger partial charge >= 0.3 is 16.8 Å².